The SMILES string of the molecule is Cc1ccc(/C=C/S(=O)(=O)NCCC(=O)OCc2ccc([N+](=O)[O-])cc2)cc1. The number of nitrogens with one attached hydrogen (secondary N) is 1. The van der Waals surface area contributed by atoms with Gasteiger partial charge in [0.15, 0.2) is 0 Å². The Balaban J connectivity index is 1.74. The topological polar surface area (TPSA) is 116 Å². The molecule has 0 saturated heterocycles. The van der Waals surface area contributed by atoms with Crippen molar-refractivity contribution in [2.45, 2.75) is 20.0 Å². The number of nitrogens with zero attached hydrogens (tertiary/aromatic N) is 1. The van der Waals surface area contributed by atoms with E-state index < -0.39 is 20.9 Å². The van der Waals surface area contributed by atoms with Crippen LogP contribution in [-0.2, 0) is 26.2 Å². The van der Waals surface area contributed by atoms with E-state index in [-0.39, 0.29) is 25.3 Å². The summed E-state index contributed by atoms with van der Waals surface area (Å²) in [6.07, 6.45) is 1.33. The molecule has 0 aromatic heterocycles. The number of carbonyl (C=O) groups excluding carboxylic acids is 1. The van der Waals surface area contributed by atoms with Crippen LogP contribution < -0.4 is 4.72 Å². The van der Waals surface area contributed by atoms with Gasteiger partial charge >= 0.3 is 5.97 Å². The van der Waals surface area contributed by atoms with Crippen molar-refractivity contribution in [3.05, 3.63) is 80.7 Å². The molecule has 0 aliphatic heterocycles. The summed E-state index contributed by atoms with van der Waals surface area (Å²) in [5.74, 6) is -0.580. The lowest BCUT2D eigenvalue weighted by Gasteiger charge is -2.05. The van der Waals surface area contributed by atoms with E-state index in [1.807, 2.05) is 19.1 Å². The lowest BCUT2D eigenvalue weighted by molar-refractivity contribution is -0.384. The summed E-state index contributed by atoms with van der Waals surface area (Å²) >= 11 is 0. The summed E-state index contributed by atoms with van der Waals surface area (Å²) in [6.45, 7) is 1.79. The maximum absolute atomic E-state index is 11.9. The van der Waals surface area contributed by atoms with Crippen LogP contribution in [0.25, 0.3) is 6.08 Å². The van der Waals surface area contributed by atoms with Crippen LogP contribution in [0.4, 0.5) is 5.69 Å². The number of rotatable bonds is 9. The van der Waals surface area contributed by atoms with Gasteiger partial charge in [-0.15, -0.1) is 0 Å². The normalized spacial score (nSPS) is 11.5. The van der Waals surface area contributed by atoms with Gasteiger partial charge in [-0.05, 0) is 36.3 Å². The molecule has 8 nitrogen and oxygen atoms in total. The van der Waals surface area contributed by atoms with Gasteiger partial charge in [-0.1, -0.05) is 29.8 Å². The number of nitro groups is 1. The van der Waals surface area contributed by atoms with Crippen LogP contribution in [0.5, 0.6) is 0 Å². The molecule has 2 aromatic carbocycles. The second kappa shape index (κ2) is 9.77. The standard InChI is InChI=1S/C19H20N2O6S/c1-15-2-4-16(5-3-15)11-13-28(25,26)20-12-10-19(22)27-14-17-6-8-18(9-7-17)21(23)24/h2-9,11,13,20H,10,12,14H2,1H3/b13-11+. The molecule has 0 aliphatic rings. The first-order chi connectivity index (χ1) is 13.2. The van der Waals surface area contributed by atoms with E-state index in [0.717, 1.165) is 16.5 Å². The zero-order valence-corrected chi connectivity index (χ0v) is 16.0. The van der Waals surface area contributed by atoms with Crippen LogP contribution in [0.15, 0.2) is 53.9 Å². The first kappa shape index (κ1) is 21.3. The van der Waals surface area contributed by atoms with E-state index >= 15 is 0 Å². The van der Waals surface area contributed by atoms with Gasteiger partial charge in [0.25, 0.3) is 5.69 Å². The Hall–Kier alpha value is -3.04. The smallest absolute Gasteiger partial charge is 0.307 e. The third-order valence-corrected chi connectivity index (χ3v) is 4.80. The van der Waals surface area contributed by atoms with Gasteiger partial charge in [0.2, 0.25) is 10.0 Å². The van der Waals surface area contributed by atoms with Crippen LogP contribution in [0.3, 0.4) is 0 Å². The number of benzene rings is 2. The second-order valence-corrected chi connectivity index (χ2v) is 7.64. The van der Waals surface area contributed by atoms with E-state index in [2.05, 4.69) is 4.72 Å². The Labute approximate surface area is 163 Å². The number of non-ortho nitro benzene ring substituents is 1. The molecule has 0 radical (unpaired) electrons. The molecule has 2 aromatic rings. The molecule has 2 rings (SSSR count). The average Bonchev–Trinajstić information content (AvgIpc) is 2.66. The van der Waals surface area contributed by atoms with E-state index in [9.17, 15) is 23.3 Å². The van der Waals surface area contributed by atoms with Crippen LogP contribution in [-0.4, -0.2) is 25.9 Å². The minimum Gasteiger partial charge on any atom is -0.461 e. The van der Waals surface area contributed by atoms with Crippen molar-refractivity contribution in [2.75, 3.05) is 6.54 Å². The fourth-order valence-corrected chi connectivity index (χ4v) is 2.96. The average molecular weight is 404 g/mol. The molecule has 1 N–H and O–H groups in total. The number of hydrogen-bond acceptors (Lipinski definition) is 6. The molecular formula is C19H20N2O6S. The monoisotopic (exact) mass is 404 g/mol. The molecule has 0 heterocycles. The summed E-state index contributed by atoms with van der Waals surface area (Å²) in [7, 11) is -3.67. The van der Waals surface area contributed by atoms with Gasteiger partial charge in [0.1, 0.15) is 6.61 Å². The van der Waals surface area contributed by atoms with Crippen LogP contribution in [0.2, 0.25) is 0 Å². The quantitative estimate of drug-likeness (QED) is 0.390. The van der Waals surface area contributed by atoms with Crippen molar-refractivity contribution < 1.29 is 22.9 Å². The van der Waals surface area contributed by atoms with Gasteiger partial charge in [0.05, 0.1) is 11.3 Å². The third kappa shape index (κ3) is 7.29. The van der Waals surface area contributed by atoms with Crippen LogP contribution >= 0.6 is 0 Å². The Morgan fingerprint density at radius 2 is 1.79 bits per heavy atom. The lowest BCUT2D eigenvalue weighted by Crippen LogP contribution is -2.24. The van der Waals surface area contributed by atoms with Crippen molar-refractivity contribution in [1.29, 1.82) is 0 Å². The Kier molecular flexibility index (Phi) is 7.42. The Morgan fingerprint density at radius 1 is 1.14 bits per heavy atom. The highest BCUT2D eigenvalue weighted by Crippen LogP contribution is 2.12. The molecule has 28 heavy (non-hydrogen) atoms. The fourth-order valence-electron chi connectivity index (χ4n) is 2.14. The number of carbonyl (C=O) groups is 1. The first-order valence-electron chi connectivity index (χ1n) is 8.38. The molecular weight excluding hydrogens is 384 g/mol. The van der Waals surface area contributed by atoms with Gasteiger partial charge in [-0.3, -0.25) is 14.9 Å². The highest BCUT2D eigenvalue weighted by atomic mass is 32.2. The molecule has 0 fully saturated rings. The van der Waals surface area contributed by atoms with Crippen molar-refractivity contribution in [3.8, 4) is 0 Å². The van der Waals surface area contributed by atoms with E-state index in [1.54, 1.807) is 12.1 Å². The summed E-state index contributed by atoms with van der Waals surface area (Å²) in [5.41, 5.74) is 2.37. The maximum atomic E-state index is 11.9. The van der Waals surface area contributed by atoms with Crippen molar-refractivity contribution >= 4 is 27.8 Å². The summed E-state index contributed by atoms with van der Waals surface area (Å²) in [4.78, 5) is 21.8. The van der Waals surface area contributed by atoms with Crippen LogP contribution in [0.1, 0.15) is 23.1 Å². The fraction of sp³-hybridized carbons (Fsp3) is 0.211. The highest BCUT2D eigenvalue weighted by molar-refractivity contribution is 7.92. The molecule has 148 valence electrons. The van der Waals surface area contributed by atoms with Gasteiger partial charge in [-0.25, -0.2) is 13.1 Å². The molecule has 0 unspecified atom stereocenters. The number of sulfonamides is 1. The van der Waals surface area contributed by atoms with Gasteiger partial charge in [0, 0.05) is 24.1 Å². The number of esters is 1. The van der Waals surface area contributed by atoms with Gasteiger partial charge in [-0.2, -0.15) is 0 Å². The van der Waals surface area contributed by atoms with Crippen molar-refractivity contribution in [3.63, 3.8) is 0 Å². The predicted octanol–water partition coefficient (Wildman–Crippen LogP) is 2.93. The molecule has 0 saturated carbocycles. The molecule has 0 bridgehead atoms. The maximum Gasteiger partial charge on any atom is 0.307 e. The van der Waals surface area contributed by atoms with E-state index in [4.69, 9.17) is 4.74 Å². The Bertz CT molecular complexity index is 951. The second-order valence-electron chi connectivity index (χ2n) is 5.99. The van der Waals surface area contributed by atoms with Crippen molar-refractivity contribution in [2.24, 2.45) is 0 Å². The minimum atomic E-state index is -3.67. The van der Waals surface area contributed by atoms with Gasteiger partial charge < -0.3 is 4.74 Å². The molecule has 0 aliphatic carbocycles. The zero-order chi connectivity index (χ0) is 20.6. The first-order valence-corrected chi connectivity index (χ1v) is 9.93. The number of nitro benzene ring substituents is 1. The number of aryl methyl sites for hydroxylation is 1. The molecule has 9 heteroatoms. The van der Waals surface area contributed by atoms with Crippen molar-refractivity contribution in [1.82, 2.24) is 4.72 Å². The van der Waals surface area contributed by atoms with E-state index in [1.165, 1.54) is 30.3 Å². The van der Waals surface area contributed by atoms with E-state index in [0.29, 0.717) is 5.56 Å². The molecule has 0 atom stereocenters. The summed E-state index contributed by atoms with van der Waals surface area (Å²) in [5, 5.41) is 11.6. The minimum absolute atomic E-state index is 0.0447. The van der Waals surface area contributed by atoms with Crippen LogP contribution in [0, 0.1) is 17.0 Å². The molecule has 0 spiro atoms. The molecule has 0 amide bonds. The summed E-state index contributed by atoms with van der Waals surface area (Å²) in [6, 6.07) is 13.0. The Morgan fingerprint density at radius 3 is 2.39 bits per heavy atom. The number of ether oxygens (including phenoxy) is 1. The largest absolute Gasteiger partial charge is 0.461 e. The predicted molar refractivity (Wildman–Crippen MR) is 105 cm³/mol. The highest BCUT2D eigenvalue weighted by Gasteiger charge is 2.09. The number of hydrogen-bond donors (Lipinski definition) is 1. The zero-order valence-electron chi connectivity index (χ0n) is 15.2. The lowest BCUT2D eigenvalue weighted by atomic mass is 10.2. The summed E-state index contributed by atoms with van der Waals surface area (Å²) < 4.78 is 31.1. The third-order valence-electron chi connectivity index (χ3n) is 3.70.